The van der Waals surface area contributed by atoms with E-state index in [1.54, 1.807) is 48.5 Å². The first kappa shape index (κ1) is 22.9. The highest BCUT2D eigenvalue weighted by molar-refractivity contribution is 8.04. The average Bonchev–Trinajstić information content (AvgIpc) is 2.76. The summed E-state index contributed by atoms with van der Waals surface area (Å²) in [6, 6.07) is 20.7. The van der Waals surface area contributed by atoms with E-state index in [2.05, 4.69) is 5.32 Å². The summed E-state index contributed by atoms with van der Waals surface area (Å²) in [7, 11) is -4.06. The number of hydrogen-bond donors (Lipinski definition) is 1. The van der Waals surface area contributed by atoms with Gasteiger partial charge in [-0.15, -0.1) is 11.8 Å². The van der Waals surface area contributed by atoms with Gasteiger partial charge in [0.05, 0.1) is 4.90 Å². The zero-order valence-electron chi connectivity index (χ0n) is 16.5. The maximum absolute atomic E-state index is 13.2. The molecule has 3 aromatic rings. The summed E-state index contributed by atoms with van der Waals surface area (Å²) in [5, 5.41) is 13.5. The number of nitriles is 1. The molecule has 0 radical (unpaired) electrons. The number of benzene rings is 3. The van der Waals surface area contributed by atoms with E-state index in [9.17, 15) is 18.1 Å². The Morgan fingerprint density at radius 2 is 1.77 bits per heavy atom. The van der Waals surface area contributed by atoms with Crippen molar-refractivity contribution in [2.45, 2.75) is 17.6 Å². The quantitative estimate of drug-likeness (QED) is 0.408. The predicted octanol–water partition coefficient (Wildman–Crippen LogP) is 6.30. The lowest BCUT2D eigenvalue weighted by atomic mass is 10.2. The van der Waals surface area contributed by atoms with E-state index in [1.165, 1.54) is 24.3 Å². The first-order chi connectivity index (χ1) is 14.8. The molecule has 8 heteroatoms. The number of thioether (sulfide) groups is 1. The molecule has 0 aliphatic carbocycles. The van der Waals surface area contributed by atoms with Crippen molar-refractivity contribution in [2.24, 2.45) is 0 Å². The monoisotopic (exact) mass is 472 g/mol. The zero-order valence-corrected chi connectivity index (χ0v) is 18.9. The molecule has 3 aromatic carbocycles. The predicted molar refractivity (Wildman–Crippen MR) is 124 cm³/mol. The van der Waals surface area contributed by atoms with Crippen LogP contribution in [-0.2, 0) is 15.6 Å². The van der Waals surface area contributed by atoms with Gasteiger partial charge in [-0.25, -0.2) is 12.8 Å². The highest BCUT2D eigenvalue weighted by atomic mass is 35.5. The Morgan fingerprint density at radius 3 is 2.39 bits per heavy atom. The second kappa shape index (κ2) is 10.0. The lowest BCUT2D eigenvalue weighted by Gasteiger charge is -2.14. The van der Waals surface area contributed by atoms with Crippen LogP contribution in [0.4, 0.5) is 10.1 Å². The molecule has 0 heterocycles. The maximum atomic E-state index is 13.2. The number of aryl methyl sites for hydroxylation is 1. The van der Waals surface area contributed by atoms with E-state index in [4.69, 9.17) is 11.6 Å². The Hall–Kier alpha value is -2.79. The van der Waals surface area contributed by atoms with Crippen molar-refractivity contribution in [2.75, 3.05) is 5.32 Å². The first-order valence-electron chi connectivity index (χ1n) is 9.16. The van der Waals surface area contributed by atoms with E-state index in [0.29, 0.717) is 16.5 Å². The topological polar surface area (TPSA) is 70.0 Å². The minimum absolute atomic E-state index is 0.0233. The van der Waals surface area contributed by atoms with Gasteiger partial charge in [0, 0.05) is 16.5 Å². The molecule has 0 spiro atoms. The number of hydrogen-bond acceptors (Lipinski definition) is 5. The van der Waals surface area contributed by atoms with Crippen molar-refractivity contribution in [3.05, 3.63) is 105 Å². The fourth-order valence-electron chi connectivity index (χ4n) is 2.65. The van der Waals surface area contributed by atoms with Gasteiger partial charge in [0.2, 0.25) is 9.84 Å². The second-order valence-electron chi connectivity index (χ2n) is 6.59. The number of allylic oxidation sites excluding steroid dienone is 1. The standard InChI is InChI=1S/C23H18ClFN2O2S2/c1-16-7-12-19(13-21(16)24)27-23(30-15-17-8-10-18(25)11-9-17)22(14-26)31(28,29)20-5-3-2-4-6-20/h2-13,27H,15H2,1H3. The number of halogens is 2. The lowest BCUT2D eigenvalue weighted by Crippen LogP contribution is -2.10. The van der Waals surface area contributed by atoms with Crippen LogP contribution in [-0.4, -0.2) is 8.42 Å². The molecule has 0 amide bonds. The summed E-state index contributed by atoms with van der Waals surface area (Å²) in [4.78, 5) is -0.377. The molecule has 0 aliphatic rings. The third-order valence-corrected chi connectivity index (χ3v) is 7.69. The minimum atomic E-state index is -4.06. The van der Waals surface area contributed by atoms with Crippen molar-refractivity contribution < 1.29 is 12.8 Å². The van der Waals surface area contributed by atoms with Gasteiger partial charge in [0.15, 0.2) is 4.91 Å². The Morgan fingerprint density at radius 1 is 1.10 bits per heavy atom. The summed E-state index contributed by atoms with van der Waals surface area (Å²) in [6.07, 6.45) is 0. The fourth-order valence-corrected chi connectivity index (χ4v) is 5.37. The van der Waals surface area contributed by atoms with Crippen LogP contribution in [0.15, 0.2) is 87.6 Å². The zero-order chi connectivity index (χ0) is 22.4. The number of rotatable bonds is 7. The van der Waals surface area contributed by atoms with E-state index in [-0.39, 0.29) is 15.7 Å². The van der Waals surface area contributed by atoms with Gasteiger partial charge in [-0.05, 0) is 54.4 Å². The van der Waals surface area contributed by atoms with Crippen LogP contribution in [0.1, 0.15) is 11.1 Å². The number of anilines is 1. The van der Waals surface area contributed by atoms with Gasteiger partial charge < -0.3 is 5.32 Å². The second-order valence-corrected chi connectivity index (χ2v) is 9.87. The molecule has 158 valence electrons. The molecule has 4 nitrogen and oxygen atoms in total. The highest BCUT2D eigenvalue weighted by Crippen LogP contribution is 2.32. The van der Waals surface area contributed by atoms with Crippen LogP contribution in [0.2, 0.25) is 5.02 Å². The summed E-state index contributed by atoms with van der Waals surface area (Å²) < 4.78 is 39.5. The average molecular weight is 473 g/mol. The molecule has 0 atom stereocenters. The van der Waals surface area contributed by atoms with Gasteiger partial charge in [-0.2, -0.15) is 5.26 Å². The highest BCUT2D eigenvalue weighted by Gasteiger charge is 2.25. The molecule has 0 saturated heterocycles. The number of nitrogens with one attached hydrogen (secondary N) is 1. The van der Waals surface area contributed by atoms with Crippen LogP contribution in [0.3, 0.4) is 0 Å². The van der Waals surface area contributed by atoms with Crippen LogP contribution in [0.25, 0.3) is 0 Å². The first-order valence-corrected chi connectivity index (χ1v) is 12.0. The van der Waals surface area contributed by atoms with Gasteiger partial charge in [0.1, 0.15) is 16.9 Å². The van der Waals surface area contributed by atoms with Crippen molar-refractivity contribution >= 4 is 38.9 Å². The smallest absolute Gasteiger partial charge is 0.219 e. The Bertz CT molecular complexity index is 1250. The number of sulfone groups is 1. The van der Waals surface area contributed by atoms with Crippen LogP contribution >= 0.6 is 23.4 Å². The molecule has 0 bridgehead atoms. The molecule has 0 aliphatic heterocycles. The molecular formula is C23H18ClFN2O2S2. The summed E-state index contributed by atoms with van der Waals surface area (Å²) in [6.45, 7) is 1.85. The summed E-state index contributed by atoms with van der Waals surface area (Å²) >= 11 is 7.34. The van der Waals surface area contributed by atoms with Crippen molar-refractivity contribution in [3.8, 4) is 6.07 Å². The fraction of sp³-hybridized carbons (Fsp3) is 0.0870. The largest absolute Gasteiger partial charge is 0.348 e. The van der Waals surface area contributed by atoms with E-state index < -0.39 is 14.7 Å². The van der Waals surface area contributed by atoms with Gasteiger partial charge in [-0.3, -0.25) is 0 Å². The Kier molecular flexibility index (Phi) is 7.39. The van der Waals surface area contributed by atoms with Gasteiger partial charge >= 0.3 is 0 Å². The van der Waals surface area contributed by atoms with Crippen molar-refractivity contribution in [3.63, 3.8) is 0 Å². The molecule has 0 fully saturated rings. The molecule has 0 unspecified atom stereocenters. The summed E-state index contributed by atoms with van der Waals surface area (Å²) in [5.41, 5.74) is 2.20. The number of nitrogens with zero attached hydrogens (tertiary/aromatic N) is 1. The third kappa shape index (κ3) is 5.67. The molecule has 31 heavy (non-hydrogen) atoms. The van der Waals surface area contributed by atoms with Gasteiger partial charge in [-0.1, -0.05) is 48.0 Å². The normalized spacial score (nSPS) is 12.1. The van der Waals surface area contributed by atoms with E-state index in [1.807, 2.05) is 13.0 Å². The minimum Gasteiger partial charge on any atom is -0.348 e. The van der Waals surface area contributed by atoms with Crippen molar-refractivity contribution in [1.82, 2.24) is 0 Å². The summed E-state index contributed by atoms with van der Waals surface area (Å²) in [5.74, 6) is -0.0289. The van der Waals surface area contributed by atoms with Crippen LogP contribution in [0, 0.1) is 24.1 Å². The molecule has 1 N–H and O–H groups in total. The maximum Gasteiger partial charge on any atom is 0.219 e. The lowest BCUT2D eigenvalue weighted by molar-refractivity contribution is 0.603. The Labute approximate surface area is 190 Å². The van der Waals surface area contributed by atoms with Gasteiger partial charge in [0.25, 0.3) is 0 Å². The van der Waals surface area contributed by atoms with Crippen molar-refractivity contribution in [1.29, 1.82) is 5.26 Å². The van der Waals surface area contributed by atoms with Crippen LogP contribution in [0.5, 0.6) is 0 Å². The molecule has 0 saturated carbocycles. The third-order valence-electron chi connectivity index (χ3n) is 4.36. The van der Waals surface area contributed by atoms with Crippen LogP contribution < -0.4 is 5.32 Å². The molecule has 3 rings (SSSR count). The Balaban J connectivity index is 2.04. The van der Waals surface area contributed by atoms with E-state index >= 15 is 0 Å². The van der Waals surface area contributed by atoms with E-state index in [0.717, 1.165) is 22.9 Å². The molecule has 0 aromatic heterocycles. The molecular weight excluding hydrogens is 455 g/mol. The SMILES string of the molecule is Cc1ccc(NC(SCc2ccc(F)cc2)=C(C#N)S(=O)(=O)c2ccccc2)cc1Cl.